The van der Waals surface area contributed by atoms with Crippen LogP contribution in [0.3, 0.4) is 0 Å². The van der Waals surface area contributed by atoms with Gasteiger partial charge in [-0.1, -0.05) is 42.5 Å². The van der Waals surface area contributed by atoms with E-state index in [1.54, 1.807) is 6.20 Å². The number of benzene rings is 2. The van der Waals surface area contributed by atoms with Gasteiger partial charge in [0.25, 0.3) is 0 Å². The van der Waals surface area contributed by atoms with Crippen molar-refractivity contribution in [3.63, 3.8) is 0 Å². The Morgan fingerprint density at radius 3 is 2.78 bits per heavy atom. The quantitative estimate of drug-likeness (QED) is 0.501. The van der Waals surface area contributed by atoms with Crippen LogP contribution in [0.15, 0.2) is 60.9 Å². The zero-order chi connectivity index (χ0) is 21.7. The minimum Gasteiger partial charge on any atom is -0.485 e. The summed E-state index contributed by atoms with van der Waals surface area (Å²) < 4.78 is 8.50. The van der Waals surface area contributed by atoms with Gasteiger partial charge in [0.15, 0.2) is 0 Å². The molecule has 1 saturated carbocycles. The number of aromatic nitrogens is 3. The third-order valence-electron chi connectivity index (χ3n) is 6.93. The number of hydrogen-bond acceptors (Lipinski definition) is 5. The fraction of sp³-hybridized carbons (Fsp3) is 0.308. The number of hydrogen-bond donors (Lipinski definition) is 2. The highest BCUT2D eigenvalue weighted by Crippen LogP contribution is 2.44. The Labute approximate surface area is 186 Å². The molecular weight excluding hydrogens is 400 g/mol. The second-order valence-corrected chi connectivity index (χ2v) is 8.94. The minimum absolute atomic E-state index is 0.0605. The van der Waals surface area contributed by atoms with Gasteiger partial charge in [0.05, 0.1) is 0 Å². The largest absolute Gasteiger partial charge is 0.485 e. The summed E-state index contributed by atoms with van der Waals surface area (Å²) in [7, 11) is 0. The standard InChI is InChI=1S/C26H26N4O2/c27-25-24-23(29-26(30(24)11-10-28-25)20-12-16(13-20)15-31)19-7-6-18-8-9-21(32-22(18)14-19)17-4-2-1-3-5-17/h1-7,10-11,14,16,20-21,31H,8-9,12-13,15H2,(H2,27,28)/t16-,20+,21-/m1/s1. The summed E-state index contributed by atoms with van der Waals surface area (Å²) in [5.41, 5.74) is 11.4. The molecule has 0 amide bonds. The lowest BCUT2D eigenvalue weighted by Gasteiger charge is -2.33. The van der Waals surface area contributed by atoms with E-state index in [0.717, 1.165) is 54.0 Å². The molecule has 32 heavy (non-hydrogen) atoms. The van der Waals surface area contributed by atoms with Gasteiger partial charge >= 0.3 is 0 Å². The SMILES string of the molecule is Nc1nccn2c1c(-c1ccc3c(c1)O[C@@H](c1ccccc1)CC3)nc2[C@H]1C[C@@H](CO)C1. The van der Waals surface area contributed by atoms with Crippen LogP contribution in [-0.4, -0.2) is 26.1 Å². The predicted molar refractivity (Wildman–Crippen MR) is 124 cm³/mol. The molecule has 1 aliphatic heterocycles. The molecule has 0 unspecified atom stereocenters. The van der Waals surface area contributed by atoms with Gasteiger partial charge in [-0.05, 0) is 48.8 Å². The molecule has 1 atom stereocenters. The first kappa shape index (κ1) is 19.3. The Kier molecular flexibility index (Phi) is 4.61. The van der Waals surface area contributed by atoms with Crippen molar-refractivity contribution in [3.05, 3.63) is 77.9 Å². The number of nitrogens with zero attached hydrogens (tertiary/aromatic N) is 3. The maximum Gasteiger partial charge on any atom is 0.150 e. The monoisotopic (exact) mass is 426 g/mol. The van der Waals surface area contributed by atoms with Crippen LogP contribution in [0.4, 0.5) is 5.82 Å². The van der Waals surface area contributed by atoms with Crippen molar-refractivity contribution in [1.82, 2.24) is 14.4 Å². The maximum atomic E-state index is 9.44. The highest BCUT2D eigenvalue weighted by atomic mass is 16.5. The molecule has 6 nitrogen and oxygen atoms in total. The molecule has 3 N–H and O–H groups in total. The molecular formula is C26H26N4O2. The van der Waals surface area contributed by atoms with E-state index in [-0.39, 0.29) is 12.7 Å². The van der Waals surface area contributed by atoms with Crippen LogP contribution in [0.1, 0.15) is 48.2 Å². The molecule has 6 heteroatoms. The first-order chi connectivity index (χ1) is 15.7. The summed E-state index contributed by atoms with van der Waals surface area (Å²) in [5.74, 6) is 3.07. The van der Waals surface area contributed by atoms with Gasteiger partial charge in [-0.3, -0.25) is 4.40 Å². The number of anilines is 1. The van der Waals surface area contributed by atoms with E-state index in [2.05, 4.69) is 51.8 Å². The van der Waals surface area contributed by atoms with Crippen molar-refractivity contribution in [2.24, 2.45) is 5.92 Å². The molecule has 1 fully saturated rings. The third kappa shape index (κ3) is 3.14. The van der Waals surface area contributed by atoms with E-state index in [0.29, 0.717) is 17.7 Å². The van der Waals surface area contributed by atoms with Crippen molar-refractivity contribution < 1.29 is 9.84 Å². The Morgan fingerprint density at radius 2 is 1.97 bits per heavy atom. The van der Waals surface area contributed by atoms with Crippen LogP contribution in [0, 0.1) is 5.92 Å². The van der Waals surface area contributed by atoms with Gasteiger partial charge in [-0.2, -0.15) is 0 Å². The van der Waals surface area contributed by atoms with E-state index in [1.807, 2.05) is 12.3 Å². The maximum absolute atomic E-state index is 9.44. The summed E-state index contributed by atoms with van der Waals surface area (Å²) >= 11 is 0. The van der Waals surface area contributed by atoms with E-state index in [4.69, 9.17) is 15.5 Å². The summed E-state index contributed by atoms with van der Waals surface area (Å²) in [6.07, 6.45) is 7.57. The fourth-order valence-corrected chi connectivity index (χ4v) is 5.09. The molecule has 0 bridgehead atoms. The highest BCUT2D eigenvalue weighted by molar-refractivity contribution is 5.86. The number of fused-ring (bicyclic) bond motifs is 2. The van der Waals surface area contributed by atoms with Crippen LogP contribution in [0.5, 0.6) is 5.75 Å². The van der Waals surface area contributed by atoms with Gasteiger partial charge < -0.3 is 15.6 Å². The van der Waals surface area contributed by atoms with Gasteiger partial charge in [0.2, 0.25) is 0 Å². The molecule has 6 rings (SSSR count). The topological polar surface area (TPSA) is 85.7 Å². The van der Waals surface area contributed by atoms with E-state index >= 15 is 0 Å². The molecule has 1 aliphatic carbocycles. The summed E-state index contributed by atoms with van der Waals surface area (Å²) in [6.45, 7) is 0.237. The molecule has 4 aromatic rings. The summed E-state index contributed by atoms with van der Waals surface area (Å²) in [5, 5.41) is 9.44. The van der Waals surface area contributed by atoms with Crippen molar-refractivity contribution in [1.29, 1.82) is 0 Å². The molecule has 2 aromatic carbocycles. The summed E-state index contributed by atoms with van der Waals surface area (Å²) in [6, 6.07) is 16.7. The lowest BCUT2D eigenvalue weighted by molar-refractivity contribution is 0.138. The average Bonchev–Trinajstić information content (AvgIpc) is 3.19. The van der Waals surface area contributed by atoms with Crippen LogP contribution in [0.2, 0.25) is 0 Å². The lowest BCUT2D eigenvalue weighted by atomic mass is 9.75. The van der Waals surface area contributed by atoms with Gasteiger partial charge in [0, 0.05) is 30.5 Å². The van der Waals surface area contributed by atoms with Crippen molar-refractivity contribution in [2.45, 2.75) is 37.7 Å². The van der Waals surface area contributed by atoms with E-state index in [1.165, 1.54) is 11.1 Å². The van der Waals surface area contributed by atoms with Gasteiger partial charge in [-0.15, -0.1) is 0 Å². The Morgan fingerprint density at radius 1 is 1.12 bits per heavy atom. The van der Waals surface area contributed by atoms with Crippen LogP contribution in [0.25, 0.3) is 16.8 Å². The van der Waals surface area contributed by atoms with E-state index in [9.17, 15) is 5.11 Å². The molecule has 0 spiro atoms. The van der Waals surface area contributed by atoms with Gasteiger partial charge in [-0.25, -0.2) is 9.97 Å². The fourth-order valence-electron chi connectivity index (χ4n) is 5.09. The lowest BCUT2D eigenvalue weighted by Crippen LogP contribution is -2.26. The normalized spacial score (nSPS) is 22.2. The number of aryl methyl sites for hydroxylation is 1. The zero-order valence-corrected chi connectivity index (χ0v) is 17.8. The minimum atomic E-state index is 0.0605. The third-order valence-corrected chi connectivity index (χ3v) is 6.93. The first-order valence-electron chi connectivity index (χ1n) is 11.3. The Bertz CT molecular complexity index is 1280. The van der Waals surface area contributed by atoms with Crippen LogP contribution in [-0.2, 0) is 6.42 Å². The Balaban J connectivity index is 1.40. The molecule has 0 saturated heterocycles. The van der Waals surface area contributed by atoms with E-state index < -0.39 is 0 Å². The predicted octanol–water partition coefficient (Wildman–Crippen LogP) is 4.53. The first-order valence-corrected chi connectivity index (χ1v) is 11.3. The van der Waals surface area contributed by atoms with Crippen molar-refractivity contribution in [3.8, 4) is 17.0 Å². The number of rotatable bonds is 4. The average molecular weight is 427 g/mol. The molecule has 162 valence electrons. The molecule has 2 aliphatic rings. The second-order valence-electron chi connectivity index (χ2n) is 8.94. The summed E-state index contributed by atoms with van der Waals surface area (Å²) in [4.78, 5) is 9.37. The molecule has 3 heterocycles. The number of imidazole rings is 1. The zero-order valence-electron chi connectivity index (χ0n) is 17.8. The van der Waals surface area contributed by atoms with Crippen molar-refractivity contribution >= 4 is 11.3 Å². The van der Waals surface area contributed by atoms with Gasteiger partial charge in [0.1, 0.15) is 34.7 Å². The number of nitrogens with two attached hydrogens (primary N) is 1. The molecule has 2 aromatic heterocycles. The van der Waals surface area contributed by atoms with Crippen molar-refractivity contribution in [2.75, 3.05) is 12.3 Å². The van der Waals surface area contributed by atoms with Crippen LogP contribution >= 0.6 is 0 Å². The highest BCUT2D eigenvalue weighted by Gasteiger charge is 2.34. The Hall–Kier alpha value is -3.38. The molecule has 0 radical (unpaired) electrons. The number of aliphatic hydroxyl groups excluding tert-OH is 1. The number of nitrogen functional groups attached to an aromatic ring is 1. The number of aliphatic hydroxyl groups is 1. The smallest absolute Gasteiger partial charge is 0.150 e. The second kappa shape index (κ2) is 7.64. The number of ether oxygens (including phenoxy) is 1. The van der Waals surface area contributed by atoms with Crippen LogP contribution < -0.4 is 10.5 Å².